The molecule has 2 aromatic heterocycles. The molecule has 1 fully saturated rings. The molecule has 1 amide bonds. The summed E-state index contributed by atoms with van der Waals surface area (Å²) in [5, 5.41) is 0. The lowest BCUT2D eigenvalue weighted by Gasteiger charge is -2.15. The number of hydrogen-bond donors (Lipinski definition) is 0. The van der Waals surface area contributed by atoms with Gasteiger partial charge in [-0.2, -0.15) is 0 Å². The molecule has 0 spiro atoms. The lowest BCUT2D eigenvalue weighted by molar-refractivity contribution is -0.129. The molecule has 3 heterocycles. The van der Waals surface area contributed by atoms with Crippen LogP contribution in [0.15, 0.2) is 42.6 Å². The number of rotatable bonds is 3. The maximum atomic E-state index is 13.3. The summed E-state index contributed by atoms with van der Waals surface area (Å²) in [6.07, 6.45) is 4.45. The molecule has 0 N–H and O–H groups in total. The molecule has 128 valence electrons. The summed E-state index contributed by atoms with van der Waals surface area (Å²) >= 11 is 0. The second-order valence-electron chi connectivity index (χ2n) is 6.61. The maximum Gasteiger partial charge on any atom is 0.228 e. The normalized spacial score (nSPS) is 14.4. The second kappa shape index (κ2) is 6.31. The van der Waals surface area contributed by atoms with Gasteiger partial charge in [-0.1, -0.05) is 6.07 Å². The van der Waals surface area contributed by atoms with Gasteiger partial charge in [0.25, 0.3) is 0 Å². The highest BCUT2D eigenvalue weighted by atomic mass is 19.1. The summed E-state index contributed by atoms with van der Waals surface area (Å²) < 4.78 is 15.3. The number of benzene rings is 1. The molecule has 0 saturated carbocycles. The van der Waals surface area contributed by atoms with E-state index in [-0.39, 0.29) is 11.7 Å². The van der Waals surface area contributed by atoms with E-state index in [4.69, 9.17) is 4.98 Å². The Morgan fingerprint density at radius 1 is 1.12 bits per heavy atom. The molecule has 1 aliphatic rings. The predicted molar refractivity (Wildman–Crippen MR) is 94.8 cm³/mol. The van der Waals surface area contributed by atoms with Gasteiger partial charge < -0.3 is 9.30 Å². The Hall–Kier alpha value is -2.69. The average Bonchev–Trinajstić information content (AvgIpc) is 3.24. The number of amides is 1. The Morgan fingerprint density at radius 2 is 1.84 bits per heavy atom. The number of imidazole rings is 1. The minimum Gasteiger partial charge on any atom is -0.342 e. The first-order valence-corrected chi connectivity index (χ1v) is 8.63. The van der Waals surface area contributed by atoms with Crippen molar-refractivity contribution < 1.29 is 9.18 Å². The molecule has 0 radical (unpaired) electrons. The Labute approximate surface area is 145 Å². The van der Waals surface area contributed by atoms with Crippen molar-refractivity contribution in [2.24, 2.45) is 0 Å². The summed E-state index contributed by atoms with van der Waals surface area (Å²) in [6, 6.07) is 10.2. The highest BCUT2D eigenvalue weighted by molar-refractivity contribution is 5.82. The van der Waals surface area contributed by atoms with Crippen LogP contribution in [0.4, 0.5) is 4.39 Å². The second-order valence-corrected chi connectivity index (χ2v) is 6.61. The van der Waals surface area contributed by atoms with E-state index >= 15 is 0 Å². The standard InChI is InChI=1S/C20H20FN3O/c1-14-4-9-18-22-20(15-5-7-16(21)8-6-15)17(24(18)13-14)12-19(25)23-10-2-3-11-23/h4-9,13H,2-3,10-12H2,1H3. The molecule has 0 bridgehead atoms. The lowest BCUT2D eigenvalue weighted by atomic mass is 10.1. The molecular weight excluding hydrogens is 317 g/mol. The Bertz CT molecular complexity index is 924. The molecule has 0 unspecified atom stereocenters. The van der Waals surface area contributed by atoms with Gasteiger partial charge in [0.05, 0.1) is 17.8 Å². The summed E-state index contributed by atoms with van der Waals surface area (Å²) in [5.74, 6) is -0.151. The van der Waals surface area contributed by atoms with Gasteiger partial charge in [-0.05, 0) is 55.7 Å². The van der Waals surface area contributed by atoms with Gasteiger partial charge in [-0.25, -0.2) is 9.37 Å². The van der Waals surface area contributed by atoms with Crippen LogP contribution in [0.25, 0.3) is 16.9 Å². The molecule has 4 rings (SSSR count). The Morgan fingerprint density at radius 3 is 2.56 bits per heavy atom. The van der Waals surface area contributed by atoms with Crippen LogP contribution < -0.4 is 0 Å². The summed E-state index contributed by atoms with van der Waals surface area (Å²) in [4.78, 5) is 19.3. The quantitative estimate of drug-likeness (QED) is 0.732. The van der Waals surface area contributed by atoms with Crippen molar-refractivity contribution in [2.75, 3.05) is 13.1 Å². The lowest BCUT2D eigenvalue weighted by Crippen LogP contribution is -2.29. The first-order chi connectivity index (χ1) is 12.1. The van der Waals surface area contributed by atoms with Crippen LogP contribution >= 0.6 is 0 Å². The van der Waals surface area contributed by atoms with Gasteiger partial charge in [-0.15, -0.1) is 0 Å². The number of halogens is 1. The number of pyridine rings is 1. The third-order valence-electron chi connectivity index (χ3n) is 4.76. The van der Waals surface area contributed by atoms with Crippen molar-refractivity contribution >= 4 is 11.6 Å². The van der Waals surface area contributed by atoms with Gasteiger partial charge in [-0.3, -0.25) is 4.79 Å². The third-order valence-corrected chi connectivity index (χ3v) is 4.76. The van der Waals surface area contributed by atoms with Crippen LogP contribution in [0.5, 0.6) is 0 Å². The number of aryl methyl sites for hydroxylation is 1. The Kier molecular flexibility index (Phi) is 3.99. The van der Waals surface area contributed by atoms with E-state index in [2.05, 4.69) is 0 Å². The molecule has 1 aliphatic heterocycles. The van der Waals surface area contributed by atoms with Crippen molar-refractivity contribution in [3.05, 3.63) is 59.7 Å². The van der Waals surface area contributed by atoms with E-state index in [9.17, 15) is 9.18 Å². The number of nitrogens with zero attached hydrogens (tertiary/aromatic N) is 3. The highest BCUT2D eigenvalue weighted by Gasteiger charge is 2.22. The zero-order chi connectivity index (χ0) is 17.4. The number of carbonyl (C=O) groups is 1. The first-order valence-electron chi connectivity index (χ1n) is 8.63. The molecule has 1 saturated heterocycles. The largest absolute Gasteiger partial charge is 0.342 e. The monoisotopic (exact) mass is 337 g/mol. The SMILES string of the molecule is Cc1ccc2nc(-c3ccc(F)cc3)c(CC(=O)N3CCCC3)n2c1. The molecule has 5 heteroatoms. The van der Waals surface area contributed by atoms with Gasteiger partial charge in [0, 0.05) is 24.8 Å². The number of carbonyl (C=O) groups excluding carboxylic acids is 1. The summed E-state index contributed by atoms with van der Waals surface area (Å²) in [7, 11) is 0. The molecule has 25 heavy (non-hydrogen) atoms. The highest BCUT2D eigenvalue weighted by Crippen LogP contribution is 2.26. The van der Waals surface area contributed by atoms with Crippen LogP contribution in [0, 0.1) is 12.7 Å². The predicted octanol–water partition coefficient (Wildman–Crippen LogP) is 3.61. The van der Waals surface area contributed by atoms with Crippen LogP contribution in [0.1, 0.15) is 24.1 Å². The number of hydrogen-bond acceptors (Lipinski definition) is 2. The number of likely N-dealkylation sites (tertiary alicyclic amines) is 1. The van der Waals surface area contributed by atoms with Crippen molar-refractivity contribution in [3.63, 3.8) is 0 Å². The molecule has 3 aromatic rings. The topological polar surface area (TPSA) is 37.6 Å². The number of fused-ring (bicyclic) bond motifs is 1. The zero-order valence-corrected chi connectivity index (χ0v) is 14.2. The van der Waals surface area contributed by atoms with Crippen molar-refractivity contribution in [1.29, 1.82) is 0 Å². The van der Waals surface area contributed by atoms with Gasteiger partial charge in [0.1, 0.15) is 11.5 Å². The van der Waals surface area contributed by atoms with E-state index in [1.54, 1.807) is 12.1 Å². The molecule has 0 atom stereocenters. The van der Waals surface area contributed by atoms with E-state index in [0.29, 0.717) is 6.42 Å². The molecule has 1 aromatic carbocycles. The van der Waals surface area contributed by atoms with Gasteiger partial charge in [0.15, 0.2) is 0 Å². The fourth-order valence-corrected chi connectivity index (χ4v) is 3.43. The van der Waals surface area contributed by atoms with E-state index in [1.807, 2.05) is 34.6 Å². The maximum absolute atomic E-state index is 13.3. The van der Waals surface area contributed by atoms with Gasteiger partial charge in [0.2, 0.25) is 5.91 Å². The number of aromatic nitrogens is 2. The van der Waals surface area contributed by atoms with E-state index in [0.717, 1.165) is 54.1 Å². The van der Waals surface area contributed by atoms with Gasteiger partial charge >= 0.3 is 0 Å². The van der Waals surface area contributed by atoms with Crippen LogP contribution in [0.3, 0.4) is 0 Å². The molecular formula is C20H20FN3O. The average molecular weight is 337 g/mol. The third kappa shape index (κ3) is 3.02. The smallest absolute Gasteiger partial charge is 0.228 e. The first kappa shape index (κ1) is 15.8. The minimum absolute atomic E-state index is 0.129. The van der Waals surface area contributed by atoms with Crippen molar-refractivity contribution in [1.82, 2.24) is 14.3 Å². The van der Waals surface area contributed by atoms with Crippen LogP contribution in [-0.2, 0) is 11.2 Å². The van der Waals surface area contributed by atoms with E-state index < -0.39 is 0 Å². The van der Waals surface area contributed by atoms with Crippen molar-refractivity contribution in [2.45, 2.75) is 26.2 Å². The fourth-order valence-electron chi connectivity index (χ4n) is 3.43. The summed E-state index contributed by atoms with van der Waals surface area (Å²) in [5.41, 5.74) is 4.34. The van der Waals surface area contributed by atoms with Crippen LogP contribution in [-0.4, -0.2) is 33.3 Å². The van der Waals surface area contributed by atoms with Crippen LogP contribution in [0.2, 0.25) is 0 Å². The fraction of sp³-hybridized carbons (Fsp3) is 0.300. The zero-order valence-electron chi connectivity index (χ0n) is 14.2. The summed E-state index contributed by atoms with van der Waals surface area (Å²) in [6.45, 7) is 3.68. The van der Waals surface area contributed by atoms with Crippen molar-refractivity contribution in [3.8, 4) is 11.3 Å². The molecule has 0 aliphatic carbocycles. The Balaban J connectivity index is 1.80. The minimum atomic E-state index is -0.280. The van der Waals surface area contributed by atoms with E-state index in [1.165, 1.54) is 12.1 Å². The molecule has 4 nitrogen and oxygen atoms in total.